The van der Waals surface area contributed by atoms with Crippen LogP contribution in [0.25, 0.3) is 11.3 Å². The van der Waals surface area contributed by atoms with Gasteiger partial charge in [-0.25, -0.2) is 4.79 Å². The second kappa shape index (κ2) is 8.35. The van der Waals surface area contributed by atoms with E-state index in [1.165, 1.54) is 7.11 Å². The molecule has 0 aliphatic carbocycles. The molecule has 0 saturated carbocycles. The number of ether oxygens (including phenoxy) is 4. The van der Waals surface area contributed by atoms with Gasteiger partial charge in [0.15, 0.2) is 0 Å². The van der Waals surface area contributed by atoms with Gasteiger partial charge in [-0.3, -0.25) is 5.10 Å². The van der Waals surface area contributed by atoms with Crippen LogP contribution >= 0.6 is 0 Å². The minimum Gasteiger partial charge on any atom is -0.497 e. The molecule has 9 nitrogen and oxygen atoms in total. The standard InChI is InChI=1S/C23H20N4O5/c1-29-14-8-9-17(30-2)15(10-14)20-19-18(12-4-6-13(7-5-12)23(28)31-3)16(11-24)21(25)32-22(19)27-26-20/h4-10,18H,25H2,1-3H3,(H,26,27)/t18-/m0/s1. The molecule has 0 spiro atoms. The van der Waals surface area contributed by atoms with Gasteiger partial charge in [0.2, 0.25) is 11.8 Å². The van der Waals surface area contributed by atoms with E-state index in [9.17, 15) is 10.1 Å². The topological polar surface area (TPSA) is 132 Å². The third-order valence-electron chi connectivity index (χ3n) is 5.28. The van der Waals surface area contributed by atoms with Gasteiger partial charge in [-0.2, -0.15) is 5.26 Å². The van der Waals surface area contributed by atoms with Crippen molar-refractivity contribution in [2.24, 2.45) is 5.73 Å². The Morgan fingerprint density at radius 1 is 1.16 bits per heavy atom. The maximum absolute atomic E-state index is 11.8. The summed E-state index contributed by atoms with van der Waals surface area (Å²) in [5.74, 6) is 0.389. The van der Waals surface area contributed by atoms with Crippen LogP contribution in [0.3, 0.4) is 0 Å². The number of methoxy groups -OCH3 is 3. The molecule has 1 aromatic heterocycles. The van der Waals surface area contributed by atoms with Gasteiger partial charge in [0.05, 0.1) is 44.1 Å². The number of nitrogens with two attached hydrogens (primary N) is 1. The van der Waals surface area contributed by atoms with E-state index in [1.807, 2.05) is 0 Å². The number of aromatic nitrogens is 2. The highest BCUT2D eigenvalue weighted by atomic mass is 16.5. The lowest BCUT2D eigenvalue weighted by molar-refractivity contribution is 0.0600. The summed E-state index contributed by atoms with van der Waals surface area (Å²) < 4.78 is 21.3. The lowest BCUT2D eigenvalue weighted by Crippen LogP contribution is -2.21. The van der Waals surface area contributed by atoms with Gasteiger partial charge >= 0.3 is 5.97 Å². The first-order valence-corrected chi connectivity index (χ1v) is 9.58. The molecule has 0 unspecified atom stereocenters. The van der Waals surface area contributed by atoms with Crippen LogP contribution < -0.4 is 19.9 Å². The Balaban J connectivity index is 1.92. The van der Waals surface area contributed by atoms with Crippen molar-refractivity contribution in [1.29, 1.82) is 5.26 Å². The molecule has 3 N–H and O–H groups in total. The number of allylic oxidation sites excluding steroid dienone is 1. The summed E-state index contributed by atoms with van der Waals surface area (Å²) in [6, 6.07) is 14.3. The zero-order chi connectivity index (χ0) is 22.8. The number of nitrogens with zero attached hydrogens (tertiary/aromatic N) is 2. The Bertz CT molecular complexity index is 1250. The Hall–Kier alpha value is -4.45. The number of rotatable bonds is 5. The van der Waals surface area contributed by atoms with Gasteiger partial charge in [0.25, 0.3) is 0 Å². The summed E-state index contributed by atoms with van der Waals surface area (Å²) in [5.41, 5.74) is 9.28. The van der Waals surface area contributed by atoms with Crippen molar-refractivity contribution in [3.05, 3.63) is 70.6 Å². The van der Waals surface area contributed by atoms with Crippen molar-refractivity contribution >= 4 is 5.97 Å². The van der Waals surface area contributed by atoms with Crippen LogP contribution in [-0.2, 0) is 4.74 Å². The minimum absolute atomic E-state index is 0.0299. The second-order valence-corrected chi connectivity index (χ2v) is 6.92. The molecule has 1 aliphatic rings. The minimum atomic E-state index is -0.583. The fourth-order valence-electron chi connectivity index (χ4n) is 3.72. The largest absolute Gasteiger partial charge is 0.497 e. The SMILES string of the molecule is COC(=O)c1ccc([C@H]2C(C#N)=C(N)Oc3n[nH]c(-c4cc(OC)ccc4OC)c32)cc1. The molecule has 0 amide bonds. The number of esters is 1. The maximum Gasteiger partial charge on any atom is 0.337 e. The Labute approximate surface area is 184 Å². The predicted molar refractivity (Wildman–Crippen MR) is 114 cm³/mol. The number of benzene rings is 2. The molecule has 9 heteroatoms. The van der Waals surface area contributed by atoms with Crippen LogP contribution in [0.1, 0.15) is 27.4 Å². The Morgan fingerprint density at radius 2 is 1.91 bits per heavy atom. The first-order valence-electron chi connectivity index (χ1n) is 9.58. The smallest absolute Gasteiger partial charge is 0.337 e. The van der Waals surface area contributed by atoms with Crippen molar-refractivity contribution in [3.8, 4) is 34.7 Å². The first-order chi connectivity index (χ1) is 15.5. The summed E-state index contributed by atoms with van der Waals surface area (Å²) >= 11 is 0. The lowest BCUT2D eigenvalue weighted by atomic mass is 9.82. The van der Waals surface area contributed by atoms with Crippen LogP contribution in [-0.4, -0.2) is 37.5 Å². The number of aromatic amines is 1. The summed E-state index contributed by atoms with van der Waals surface area (Å²) in [7, 11) is 4.45. The predicted octanol–water partition coefficient (Wildman–Crippen LogP) is 3.10. The van der Waals surface area contributed by atoms with Crippen molar-refractivity contribution in [2.75, 3.05) is 21.3 Å². The van der Waals surface area contributed by atoms with Crippen LogP contribution in [0.4, 0.5) is 0 Å². The van der Waals surface area contributed by atoms with Crippen molar-refractivity contribution in [1.82, 2.24) is 10.2 Å². The van der Waals surface area contributed by atoms with E-state index in [0.29, 0.717) is 33.9 Å². The number of carbonyl (C=O) groups is 1. The van der Waals surface area contributed by atoms with Crippen molar-refractivity contribution in [2.45, 2.75) is 5.92 Å². The monoisotopic (exact) mass is 432 g/mol. The zero-order valence-corrected chi connectivity index (χ0v) is 17.6. The van der Waals surface area contributed by atoms with Crippen LogP contribution in [0, 0.1) is 11.3 Å². The fourth-order valence-corrected chi connectivity index (χ4v) is 3.72. The fraction of sp³-hybridized carbons (Fsp3) is 0.174. The van der Waals surface area contributed by atoms with E-state index in [-0.39, 0.29) is 17.3 Å². The number of nitrogens with one attached hydrogen (secondary N) is 1. The molecule has 2 aromatic carbocycles. The molecule has 4 rings (SSSR count). The average Bonchev–Trinajstić information content (AvgIpc) is 3.25. The molecule has 0 fully saturated rings. The van der Waals surface area contributed by atoms with Gasteiger partial charge < -0.3 is 24.7 Å². The number of hydrogen-bond donors (Lipinski definition) is 2. The summed E-state index contributed by atoms with van der Waals surface area (Å²) in [5, 5.41) is 17.1. The highest BCUT2D eigenvalue weighted by molar-refractivity contribution is 5.89. The number of hydrogen-bond acceptors (Lipinski definition) is 8. The number of fused-ring (bicyclic) bond motifs is 1. The van der Waals surface area contributed by atoms with Gasteiger partial charge in [-0.05, 0) is 35.9 Å². The van der Waals surface area contributed by atoms with E-state index in [0.717, 1.165) is 5.56 Å². The van der Waals surface area contributed by atoms with E-state index < -0.39 is 11.9 Å². The van der Waals surface area contributed by atoms with E-state index in [2.05, 4.69) is 16.3 Å². The molecule has 0 bridgehead atoms. The molecule has 32 heavy (non-hydrogen) atoms. The van der Waals surface area contributed by atoms with Gasteiger partial charge in [0, 0.05) is 5.56 Å². The molecule has 162 valence electrons. The van der Waals surface area contributed by atoms with E-state index in [1.54, 1.807) is 56.7 Å². The molecule has 1 aliphatic heterocycles. The maximum atomic E-state index is 11.8. The van der Waals surface area contributed by atoms with Gasteiger partial charge in [0.1, 0.15) is 23.1 Å². The quantitative estimate of drug-likeness (QED) is 0.588. The number of H-pyrrole nitrogens is 1. The zero-order valence-electron chi connectivity index (χ0n) is 17.6. The van der Waals surface area contributed by atoms with Gasteiger partial charge in [-0.15, -0.1) is 5.10 Å². The molecule has 2 heterocycles. The average molecular weight is 432 g/mol. The highest BCUT2D eigenvalue weighted by Crippen LogP contribution is 2.47. The van der Waals surface area contributed by atoms with E-state index in [4.69, 9.17) is 24.7 Å². The molecule has 3 aromatic rings. The third-order valence-corrected chi connectivity index (χ3v) is 5.28. The number of carbonyl (C=O) groups excluding carboxylic acids is 1. The van der Waals surface area contributed by atoms with E-state index >= 15 is 0 Å². The van der Waals surface area contributed by atoms with Crippen LogP contribution in [0.5, 0.6) is 17.4 Å². The van der Waals surface area contributed by atoms with Gasteiger partial charge in [-0.1, -0.05) is 12.1 Å². The lowest BCUT2D eigenvalue weighted by Gasteiger charge is -2.24. The summed E-state index contributed by atoms with van der Waals surface area (Å²) in [4.78, 5) is 11.8. The Kier molecular flexibility index (Phi) is 5.43. The molecule has 1 atom stereocenters. The second-order valence-electron chi connectivity index (χ2n) is 6.92. The van der Waals surface area contributed by atoms with Crippen molar-refractivity contribution < 1.29 is 23.7 Å². The van der Waals surface area contributed by atoms with Crippen molar-refractivity contribution in [3.63, 3.8) is 0 Å². The molecular weight excluding hydrogens is 412 g/mol. The summed E-state index contributed by atoms with van der Waals surface area (Å²) in [6.45, 7) is 0. The highest BCUT2D eigenvalue weighted by Gasteiger charge is 2.36. The third kappa shape index (κ3) is 3.37. The molecule has 0 radical (unpaired) electrons. The summed E-state index contributed by atoms with van der Waals surface area (Å²) in [6.07, 6.45) is 0. The molecular formula is C23H20N4O5. The number of nitriles is 1. The van der Waals surface area contributed by atoms with Crippen LogP contribution in [0.15, 0.2) is 53.9 Å². The molecule has 0 saturated heterocycles. The van der Waals surface area contributed by atoms with Crippen LogP contribution in [0.2, 0.25) is 0 Å². The Morgan fingerprint density at radius 3 is 2.53 bits per heavy atom. The first kappa shape index (κ1) is 20.8. The normalized spacial score (nSPS) is 14.8.